The van der Waals surface area contributed by atoms with E-state index in [1.807, 2.05) is 20.0 Å². The maximum absolute atomic E-state index is 4.31. The highest BCUT2D eigenvalue weighted by Gasteiger charge is 2.08. The molecule has 1 atom stereocenters. The van der Waals surface area contributed by atoms with Crippen molar-refractivity contribution in [3.63, 3.8) is 0 Å². The van der Waals surface area contributed by atoms with Crippen molar-refractivity contribution in [3.05, 3.63) is 36.2 Å². The zero-order valence-electron chi connectivity index (χ0n) is 10.1. The van der Waals surface area contributed by atoms with Crippen LogP contribution in [0.4, 0.5) is 0 Å². The van der Waals surface area contributed by atoms with Crippen LogP contribution in [0.5, 0.6) is 0 Å². The minimum Gasteiger partial charge on any atom is -0.312 e. The molecule has 0 spiro atoms. The van der Waals surface area contributed by atoms with Crippen LogP contribution < -0.4 is 5.32 Å². The smallest absolute Gasteiger partial charge is 0.0890 e. The van der Waals surface area contributed by atoms with Gasteiger partial charge in [-0.2, -0.15) is 0 Å². The Balaban J connectivity index is 2.35. The maximum Gasteiger partial charge on any atom is 0.0890 e. The van der Waals surface area contributed by atoms with E-state index in [1.54, 1.807) is 12.4 Å². The molecule has 2 rings (SSSR count). The fourth-order valence-electron chi connectivity index (χ4n) is 1.79. The van der Waals surface area contributed by atoms with E-state index < -0.39 is 0 Å². The standard InChI is InChI=1S/C14H15N3/c1-3-4-5-12(15-2)11-6-7-13-14(10-11)17-9-8-16-13/h6-10,12,15H,5H2,1-2H3. The number of nitrogens with one attached hydrogen (secondary N) is 1. The van der Waals surface area contributed by atoms with Crippen LogP contribution in [0, 0.1) is 11.8 Å². The molecule has 17 heavy (non-hydrogen) atoms. The Morgan fingerprint density at radius 1 is 1.24 bits per heavy atom. The van der Waals surface area contributed by atoms with E-state index in [1.165, 1.54) is 5.56 Å². The zero-order valence-corrected chi connectivity index (χ0v) is 10.1. The number of benzene rings is 1. The summed E-state index contributed by atoms with van der Waals surface area (Å²) in [4.78, 5) is 8.57. The Morgan fingerprint density at radius 3 is 2.71 bits per heavy atom. The summed E-state index contributed by atoms with van der Waals surface area (Å²) in [6.45, 7) is 1.86. The van der Waals surface area contributed by atoms with Gasteiger partial charge in [0.1, 0.15) is 0 Å². The second-order valence-corrected chi connectivity index (χ2v) is 3.78. The van der Waals surface area contributed by atoms with Crippen LogP contribution in [0.15, 0.2) is 30.6 Å². The third-order valence-electron chi connectivity index (χ3n) is 2.73. The number of hydrogen-bond acceptors (Lipinski definition) is 3. The Hall–Kier alpha value is -1.92. The molecule has 86 valence electrons. The van der Waals surface area contributed by atoms with Crippen molar-refractivity contribution >= 4 is 11.0 Å². The first-order chi connectivity index (χ1) is 8.35. The van der Waals surface area contributed by atoms with Gasteiger partial charge in [0.15, 0.2) is 0 Å². The third-order valence-corrected chi connectivity index (χ3v) is 2.73. The van der Waals surface area contributed by atoms with E-state index in [-0.39, 0.29) is 6.04 Å². The maximum atomic E-state index is 4.31. The van der Waals surface area contributed by atoms with Crippen molar-refractivity contribution in [1.29, 1.82) is 0 Å². The van der Waals surface area contributed by atoms with Gasteiger partial charge in [0, 0.05) is 24.9 Å². The molecule has 0 saturated carbocycles. The summed E-state index contributed by atoms with van der Waals surface area (Å²) >= 11 is 0. The molecular weight excluding hydrogens is 210 g/mol. The SMILES string of the molecule is CC#CCC(NC)c1ccc2nccnc2c1. The topological polar surface area (TPSA) is 37.8 Å². The summed E-state index contributed by atoms with van der Waals surface area (Å²) in [7, 11) is 1.95. The zero-order chi connectivity index (χ0) is 12.1. The lowest BCUT2D eigenvalue weighted by molar-refractivity contribution is 0.612. The van der Waals surface area contributed by atoms with Crippen LogP contribution >= 0.6 is 0 Å². The Labute approximate surface area is 101 Å². The molecule has 1 aromatic carbocycles. The van der Waals surface area contributed by atoms with E-state index >= 15 is 0 Å². The lowest BCUT2D eigenvalue weighted by Crippen LogP contribution is -2.15. The first-order valence-electron chi connectivity index (χ1n) is 5.62. The van der Waals surface area contributed by atoms with Gasteiger partial charge in [-0.05, 0) is 31.7 Å². The average Bonchev–Trinajstić information content (AvgIpc) is 2.39. The number of aromatic nitrogens is 2. The largest absolute Gasteiger partial charge is 0.312 e. The normalized spacial score (nSPS) is 11.9. The van der Waals surface area contributed by atoms with Crippen LogP contribution in [0.3, 0.4) is 0 Å². The summed E-state index contributed by atoms with van der Waals surface area (Å²) in [6, 6.07) is 6.39. The van der Waals surface area contributed by atoms with Crippen molar-refractivity contribution in [1.82, 2.24) is 15.3 Å². The van der Waals surface area contributed by atoms with Gasteiger partial charge in [0.25, 0.3) is 0 Å². The molecule has 1 heterocycles. The Kier molecular flexibility index (Phi) is 3.69. The summed E-state index contributed by atoms with van der Waals surface area (Å²) < 4.78 is 0. The predicted octanol–water partition coefficient (Wildman–Crippen LogP) is 2.30. The minimum absolute atomic E-state index is 0.244. The molecule has 0 fully saturated rings. The minimum atomic E-state index is 0.244. The lowest BCUT2D eigenvalue weighted by atomic mass is 10.0. The fourth-order valence-corrected chi connectivity index (χ4v) is 1.79. The van der Waals surface area contributed by atoms with Crippen LogP contribution in [0.1, 0.15) is 24.9 Å². The van der Waals surface area contributed by atoms with Crippen molar-refractivity contribution < 1.29 is 0 Å². The molecule has 1 unspecified atom stereocenters. The Morgan fingerprint density at radius 2 is 2.00 bits per heavy atom. The number of fused-ring (bicyclic) bond motifs is 1. The molecule has 0 amide bonds. The van der Waals surface area contributed by atoms with Gasteiger partial charge in [0.2, 0.25) is 0 Å². The van der Waals surface area contributed by atoms with E-state index in [4.69, 9.17) is 0 Å². The van der Waals surface area contributed by atoms with Gasteiger partial charge in [-0.25, -0.2) is 0 Å². The summed E-state index contributed by atoms with van der Waals surface area (Å²) in [5.41, 5.74) is 3.05. The van der Waals surface area contributed by atoms with Gasteiger partial charge >= 0.3 is 0 Å². The first kappa shape index (κ1) is 11.6. The molecule has 1 N–H and O–H groups in total. The monoisotopic (exact) mass is 225 g/mol. The van der Waals surface area contributed by atoms with Gasteiger partial charge in [-0.1, -0.05) is 6.07 Å². The highest BCUT2D eigenvalue weighted by atomic mass is 14.9. The third kappa shape index (κ3) is 2.61. The van der Waals surface area contributed by atoms with E-state index in [2.05, 4.69) is 39.3 Å². The van der Waals surface area contributed by atoms with E-state index in [9.17, 15) is 0 Å². The number of hydrogen-bond donors (Lipinski definition) is 1. The van der Waals surface area contributed by atoms with Crippen LogP contribution in [0.25, 0.3) is 11.0 Å². The molecule has 0 saturated heterocycles. The van der Waals surface area contributed by atoms with Gasteiger partial charge in [-0.15, -0.1) is 11.8 Å². The molecule has 0 aliphatic carbocycles. The van der Waals surface area contributed by atoms with Gasteiger partial charge in [-0.3, -0.25) is 9.97 Å². The average molecular weight is 225 g/mol. The van der Waals surface area contributed by atoms with E-state index in [0.717, 1.165) is 17.5 Å². The van der Waals surface area contributed by atoms with Crippen molar-refractivity contribution in [2.24, 2.45) is 0 Å². The van der Waals surface area contributed by atoms with E-state index in [0.29, 0.717) is 0 Å². The highest BCUT2D eigenvalue weighted by Crippen LogP contribution is 2.19. The highest BCUT2D eigenvalue weighted by molar-refractivity contribution is 5.74. The van der Waals surface area contributed by atoms with Crippen LogP contribution in [0.2, 0.25) is 0 Å². The lowest BCUT2D eigenvalue weighted by Gasteiger charge is -2.13. The molecular formula is C14H15N3. The molecule has 3 heteroatoms. The molecule has 0 aliphatic heterocycles. The quantitative estimate of drug-likeness (QED) is 0.814. The van der Waals surface area contributed by atoms with Crippen molar-refractivity contribution in [3.8, 4) is 11.8 Å². The van der Waals surface area contributed by atoms with Gasteiger partial charge in [0.05, 0.1) is 11.0 Å². The first-order valence-corrected chi connectivity index (χ1v) is 5.62. The molecule has 1 aromatic heterocycles. The fraction of sp³-hybridized carbons (Fsp3) is 0.286. The van der Waals surface area contributed by atoms with Crippen LogP contribution in [-0.2, 0) is 0 Å². The predicted molar refractivity (Wildman–Crippen MR) is 69.4 cm³/mol. The second kappa shape index (κ2) is 5.42. The van der Waals surface area contributed by atoms with Crippen molar-refractivity contribution in [2.45, 2.75) is 19.4 Å². The second-order valence-electron chi connectivity index (χ2n) is 3.78. The molecule has 3 nitrogen and oxygen atoms in total. The number of nitrogens with zero attached hydrogens (tertiary/aromatic N) is 2. The summed E-state index contributed by atoms with van der Waals surface area (Å²) in [5.74, 6) is 6.02. The molecule has 0 aliphatic rings. The summed E-state index contributed by atoms with van der Waals surface area (Å²) in [6.07, 6.45) is 4.23. The number of rotatable bonds is 3. The van der Waals surface area contributed by atoms with Crippen LogP contribution in [-0.4, -0.2) is 17.0 Å². The Bertz CT molecular complexity index is 566. The molecule has 0 radical (unpaired) electrons. The molecule has 2 aromatic rings. The summed E-state index contributed by atoms with van der Waals surface area (Å²) in [5, 5.41) is 3.27. The molecule has 0 bridgehead atoms. The van der Waals surface area contributed by atoms with Gasteiger partial charge < -0.3 is 5.32 Å². The van der Waals surface area contributed by atoms with Crippen molar-refractivity contribution in [2.75, 3.05) is 7.05 Å².